The van der Waals surface area contributed by atoms with Gasteiger partial charge in [0, 0.05) is 11.1 Å². The number of hydrogen-bond donors (Lipinski definition) is 3. The fraction of sp³-hybridized carbons (Fsp3) is 0. The molecule has 0 radical (unpaired) electrons. The summed E-state index contributed by atoms with van der Waals surface area (Å²) in [6.07, 6.45) is 6.62. The maximum atomic E-state index is 10.8. The van der Waals surface area contributed by atoms with Crippen molar-refractivity contribution < 1.29 is 33.3 Å². The normalized spacial score (nSPS) is 11.8. The van der Waals surface area contributed by atoms with Crippen LogP contribution in [0.15, 0.2) is 43.0 Å². The Morgan fingerprint density at radius 3 is 2.50 bits per heavy atom. The molecule has 0 aliphatic carbocycles. The van der Waals surface area contributed by atoms with Crippen LogP contribution >= 0.6 is 0 Å². The summed E-state index contributed by atoms with van der Waals surface area (Å²) >= 11 is 0. The zero-order chi connectivity index (χ0) is 12.2. The summed E-state index contributed by atoms with van der Waals surface area (Å²) in [5.41, 5.74) is 0.894. The van der Waals surface area contributed by atoms with E-state index in [1.807, 2.05) is 28.8 Å². The average molecular weight is 250 g/mol. The molecule has 0 amide bonds. The van der Waals surface area contributed by atoms with Gasteiger partial charge in [-0.25, -0.2) is 0 Å². The van der Waals surface area contributed by atoms with Crippen LogP contribution in [-0.2, 0) is 0 Å². The fourth-order valence-corrected chi connectivity index (χ4v) is 1.03. The zero-order valence-corrected chi connectivity index (χ0v) is 8.73. The van der Waals surface area contributed by atoms with Gasteiger partial charge in [0.25, 0.3) is 6.20 Å². The van der Waals surface area contributed by atoms with Crippen molar-refractivity contribution in [3.05, 3.63) is 47.9 Å². The Labute approximate surface area is 91.8 Å². The summed E-state index contributed by atoms with van der Waals surface area (Å²) in [5.74, 6) is 0. The van der Waals surface area contributed by atoms with Gasteiger partial charge in [0.2, 0.25) is 6.20 Å². The van der Waals surface area contributed by atoms with Crippen molar-refractivity contribution in [1.29, 1.82) is 0 Å². The van der Waals surface area contributed by atoms with E-state index in [4.69, 9.17) is 18.6 Å². The summed E-state index contributed by atoms with van der Waals surface area (Å²) in [7, 11) is -4.19. The van der Waals surface area contributed by atoms with E-state index in [0.717, 1.165) is 9.94 Å². The minimum absolute atomic E-state index is 0.787. The Morgan fingerprint density at radius 1 is 1.25 bits per heavy atom. The third kappa shape index (κ3) is 4.82. The van der Waals surface area contributed by atoms with E-state index in [-0.39, 0.29) is 0 Å². The van der Waals surface area contributed by atoms with Crippen LogP contribution in [0.5, 0.6) is 0 Å². The van der Waals surface area contributed by atoms with Crippen LogP contribution in [0.4, 0.5) is 0 Å². The molecular weight excluding hydrogens is 240 g/mol. The first-order chi connectivity index (χ1) is 7.36. The first-order valence-corrected chi connectivity index (χ1v) is 5.33. The SMILES string of the molecule is O=[n+]1ccn2ccccc2c1.[O-][Cl+](O)(O)O. The predicted molar refractivity (Wildman–Crippen MR) is 47.4 cm³/mol. The molecule has 0 aliphatic rings. The summed E-state index contributed by atoms with van der Waals surface area (Å²) in [6.45, 7) is 0. The second kappa shape index (κ2) is 5.01. The molecule has 2 aromatic heterocycles. The van der Waals surface area contributed by atoms with E-state index in [2.05, 4.69) is 0 Å². The minimum atomic E-state index is -4.19. The number of rotatable bonds is 0. The first-order valence-electron chi connectivity index (χ1n) is 4.01. The molecule has 0 saturated carbocycles. The molecule has 3 N–H and O–H groups in total. The average Bonchev–Trinajstić information content (AvgIpc) is 2.15. The Kier molecular flexibility index (Phi) is 3.93. The Morgan fingerprint density at radius 2 is 1.88 bits per heavy atom. The van der Waals surface area contributed by atoms with Crippen molar-refractivity contribution in [2.24, 2.45) is 0 Å². The van der Waals surface area contributed by atoms with E-state index >= 15 is 0 Å². The molecule has 0 atom stereocenters. The molecule has 0 aliphatic heterocycles. The molecular formula is C8H10ClN2O5+. The molecule has 0 spiro atoms. The molecule has 0 saturated heterocycles. The van der Waals surface area contributed by atoms with Gasteiger partial charge >= 0.3 is 28.9 Å². The molecule has 0 aromatic carbocycles. The van der Waals surface area contributed by atoms with Gasteiger partial charge in [-0.2, -0.15) is 0 Å². The number of aromatic nitrogens is 2. The van der Waals surface area contributed by atoms with E-state index in [1.54, 1.807) is 6.20 Å². The van der Waals surface area contributed by atoms with Crippen molar-refractivity contribution in [3.8, 4) is 0 Å². The zero-order valence-electron chi connectivity index (χ0n) is 7.97. The summed E-state index contributed by atoms with van der Waals surface area (Å²) < 4.78 is 32.9. The van der Waals surface area contributed by atoms with E-state index in [9.17, 15) is 4.91 Å². The first kappa shape index (κ1) is 12.6. The van der Waals surface area contributed by atoms with E-state index in [1.165, 1.54) is 12.4 Å². The van der Waals surface area contributed by atoms with Crippen LogP contribution in [-0.4, -0.2) is 18.4 Å². The summed E-state index contributed by atoms with van der Waals surface area (Å²) in [4.78, 5) is 10.8. The van der Waals surface area contributed by atoms with Crippen molar-refractivity contribution in [2.75, 3.05) is 0 Å². The number of hydrogen-bond acceptors (Lipinski definition) is 5. The Bertz CT molecular complexity index is 515. The van der Waals surface area contributed by atoms with Gasteiger partial charge in [0.15, 0.2) is 0 Å². The molecule has 8 heteroatoms. The molecule has 0 fully saturated rings. The van der Waals surface area contributed by atoms with Gasteiger partial charge in [-0.15, -0.1) is 0 Å². The maximum absolute atomic E-state index is 10.8. The number of fused-ring (bicyclic) bond motifs is 1. The van der Waals surface area contributed by atoms with Gasteiger partial charge in [-0.05, 0) is 12.1 Å². The molecule has 2 rings (SSSR count). The van der Waals surface area contributed by atoms with Crippen LogP contribution in [0.2, 0.25) is 0 Å². The fourth-order valence-electron chi connectivity index (χ4n) is 1.03. The predicted octanol–water partition coefficient (Wildman–Crippen LogP) is -2.01. The van der Waals surface area contributed by atoms with Crippen molar-refractivity contribution in [3.63, 3.8) is 0 Å². The van der Waals surface area contributed by atoms with Gasteiger partial charge in [0.05, 0.1) is 10.6 Å². The second-order valence-electron chi connectivity index (χ2n) is 2.75. The van der Waals surface area contributed by atoms with Crippen LogP contribution in [0.25, 0.3) is 5.52 Å². The topological polar surface area (TPSA) is 111 Å². The third-order valence-electron chi connectivity index (χ3n) is 1.56. The van der Waals surface area contributed by atoms with Crippen molar-refractivity contribution in [2.45, 2.75) is 0 Å². The molecule has 16 heavy (non-hydrogen) atoms. The van der Waals surface area contributed by atoms with Crippen molar-refractivity contribution in [1.82, 2.24) is 4.40 Å². The Balaban J connectivity index is 0.000000221. The molecule has 0 bridgehead atoms. The standard InChI is InChI=1S/C8H7N2O.ClH3O4/c11-10-6-5-9-4-2-1-3-8(9)7-10;2-1(3,4)5/h1-7H;2-4H/q+1;. The van der Waals surface area contributed by atoms with Gasteiger partial charge in [-0.3, -0.25) is 0 Å². The number of pyridine rings is 1. The van der Waals surface area contributed by atoms with Crippen LogP contribution < -0.4 is 9.09 Å². The van der Waals surface area contributed by atoms with E-state index < -0.39 is 10.2 Å². The van der Waals surface area contributed by atoms with Crippen molar-refractivity contribution >= 4 is 5.52 Å². The summed E-state index contributed by atoms with van der Waals surface area (Å²) in [6, 6.07) is 5.70. The number of halogens is 1. The van der Waals surface area contributed by atoms with Crippen LogP contribution in [0, 0.1) is 15.2 Å². The molecule has 88 valence electrons. The third-order valence-corrected chi connectivity index (χ3v) is 1.56. The van der Waals surface area contributed by atoms with E-state index in [0.29, 0.717) is 0 Å². The quantitative estimate of drug-likeness (QED) is 0.468. The van der Waals surface area contributed by atoms with Crippen LogP contribution in [0.1, 0.15) is 0 Å². The molecule has 2 aromatic rings. The molecule has 2 heterocycles. The molecule has 7 nitrogen and oxygen atoms in total. The summed E-state index contributed by atoms with van der Waals surface area (Å²) in [5, 5.41) is 0. The monoisotopic (exact) mass is 249 g/mol. The van der Waals surface area contributed by atoms with Gasteiger partial charge in [0.1, 0.15) is 5.52 Å². The number of nitrogens with zero attached hydrogens (tertiary/aromatic N) is 2. The van der Waals surface area contributed by atoms with Gasteiger partial charge < -0.3 is 4.40 Å². The Hall–Kier alpha value is -1.51. The van der Waals surface area contributed by atoms with Crippen LogP contribution in [0.3, 0.4) is 0 Å². The molecule has 0 unspecified atom stereocenters. The van der Waals surface area contributed by atoms with Gasteiger partial charge in [-0.1, -0.05) is 6.07 Å². The second-order valence-corrected chi connectivity index (χ2v) is 3.62.